The topological polar surface area (TPSA) is 52.6 Å². The molecular weight excluding hydrogens is 191 g/mol. The Morgan fingerprint density at radius 2 is 1.92 bits per heavy atom. The molecule has 1 aliphatic rings. The fourth-order valence-corrected chi connectivity index (χ4v) is 2.65. The Labute approximate surface area is 77.4 Å². The molecule has 5 heteroatoms. The molecule has 74 valence electrons. The van der Waals surface area contributed by atoms with Crippen molar-refractivity contribution in [2.75, 3.05) is 14.2 Å². The van der Waals surface area contributed by atoms with E-state index in [1.807, 2.05) is 0 Å². The van der Waals surface area contributed by atoms with Gasteiger partial charge in [-0.3, -0.25) is 9.36 Å². The first-order chi connectivity index (χ1) is 6.12. The Balaban J connectivity index is 2.92. The van der Waals surface area contributed by atoms with Crippen molar-refractivity contribution in [1.82, 2.24) is 0 Å². The first-order valence-corrected chi connectivity index (χ1v) is 5.62. The third-order valence-electron chi connectivity index (χ3n) is 2.02. The van der Waals surface area contributed by atoms with Gasteiger partial charge >= 0.3 is 7.60 Å². The third-order valence-corrected chi connectivity index (χ3v) is 4.03. The van der Waals surface area contributed by atoms with E-state index < -0.39 is 7.60 Å². The van der Waals surface area contributed by atoms with Crippen LogP contribution in [0.4, 0.5) is 0 Å². The van der Waals surface area contributed by atoms with E-state index in [0.29, 0.717) is 18.2 Å². The molecule has 0 radical (unpaired) electrons. The minimum Gasteiger partial charge on any atom is -0.309 e. The number of rotatable bonds is 3. The molecule has 0 saturated carbocycles. The van der Waals surface area contributed by atoms with E-state index in [-0.39, 0.29) is 5.78 Å². The SMILES string of the molecule is COP(=O)(OC)C1=CC(=O)CCC1. The highest BCUT2D eigenvalue weighted by molar-refractivity contribution is 7.58. The summed E-state index contributed by atoms with van der Waals surface area (Å²) in [5, 5.41) is 0.494. The maximum absolute atomic E-state index is 11.8. The normalized spacial score (nSPS) is 18.6. The van der Waals surface area contributed by atoms with Crippen LogP contribution in [0.25, 0.3) is 0 Å². The zero-order valence-electron chi connectivity index (χ0n) is 7.78. The Morgan fingerprint density at radius 3 is 2.38 bits per heavy atom. The van der Waals surface area contributed by atoms with Gasteiger partial charge in [-0.15, -0.1) is 0 Å². The lowest BCUT2D eigenvalue weighted by Crippen LogP contribution is -2.04. The second-order valence-electron chi connectivity index (χ2n) is 2.82. The molecule has 1 aliphatic carbocycles. The molecule has 0 aromatic heterocycles. The Kier molecular flexibility index (Phi) is 3.42. The smallest absolute Gasteiger partial charge is 0.309 e. The van der Waals surface area contributed by atoms with E-state index in [1.54, 1.807) is 0 Å². The van der Waals surface area contributed by atoms with Crippen molar-refractivity contribution < 1.29 is 18.4 Å². The summed E-state index contributed by atoms with van der Waals surface area (Å²) in [6.07, 6.45) is 3.25. The molecule has 0 unspecified atom stereocenters. The lowest BCUT2D eigenvalue weighted by atomic mass is 10.1. The predicted molar refractivity (Wildman–Crippen MR) is 48.6 cm³/mol. The summed E-state index contributed by atoms with van der Waals surface area (Å²) in [6, 6.07) is 0. The van der Waals surface area contributed by atoms with E-state index in [0.717, 1.165) is 6.42 Å². The van der Waals surface area contributed by atoms with Crippen molar-refractivity contribution in [1.29, 1.82) is 0 Å². The van der Waals surface area contributed by atoms with Crippen molar-refractivity contribution in [2.45, 2.75) is 19.3 Å². The second-order valence-corrected chi connectivity index (χ2v) is 5.12. The summed E-state index contributed by atoms with van der Waals surface area (Å²) in [7, 11) is -0.506. The van der Waals surface area contributed by atoms with E-state index in [4.69, 9.17) is 9.05 Å². The number of allylic oxidation sites excluding steroid dienone is 2. The van der Waals surface area contributed by atoms with Crippen LogP contribution in [0.1, 0.15) is 19.3 Å². The molecule has 1 rings (SSSR count). The second kappa shape index (κ2) is 4.18. The van der Waals surface area contributed by atoms with Crippen LogP contribution in [0.5, 0.6) is 0 Å². The Morgan fingerprint density at radius 1 is 1.31 bits per heavy atom. The zero-order valence-corrected chi connectivity index (χ0v) is 8.67. The summed E-state index contributed by atoms with van der Waals surface area (Å²) in [6.45, 7) is 0. The molecule has 0 aromatic rings. The molecule has 0 bridgehead atoms. The molecule has 0 fully saturated rings. The maximum atomic E-state index is 11.8. The van der Waals surface area contributed by atoms with E-state index >= 15 is 0 Å². The van der Waals surface area contributed by atoms with Crippen LogP contribution in [0.3, 0.4) is 0 Å². The molecule has 0 heterocycles. The van der Waals surface area contributed by atoms with Gasteiger partial charge in [-0.05, 0) is 18.9 Å². The van der Waals surface area contributed by atoms with Crippen LogP contribution in [0.15, 0.2) is 11.4 Å². The van der Waals surface area contributed by atoms with Gasteiger partial charge in [0.15, 0.2) is 5.78 Å². The molecule has 13 heavy (non-hydrogen) atoms. The lowest BCUT2D eigenvalue weighted by Gasteiger charge is -2.19. The van der Waals surface area contributed by atoms with Gasteiger partial charge in [-0.1, -0.05) is 0 Å². The standard InChI is InChI=1S/C8H13O4P/c1-11-13(10,12-2)8-5-3-4-7(9)6-8/h6H,3-5H2,1-2H3. The van der Waals surface area contributed by atoms with E-state index in [9.17, 15) is 9.36 Å². The monoisotopic (exact) mass is 204 g/mol. The minimum absolute atomic E-state index is 0.00410. The van der Waals surface area contributed by atoms with Gasteiger partial charge in [0.25, 0.3) is 0 Å². The van der Waals surface area contributed by atoms with Crippen LogP contribution in [-0.2, 0) is 18.4 Å². The third kappa shape index (κ3) is 2.27. The van der Waals surface area contributed by atoms with Crippen molar-refractivity contribution in [3.05, 3.63) is 11.4 Å². The number of carbonyl (C=O) groups excluding carboxylic acids is 1. The average molecular weight is 204 g/mol. The van der Waals surface area contributed by atoms with Crippen LogP contribution in [0, 0.1) is 0 Å². The van der Waals surface area contributed by atoms with Gasteiger partial charge in [-0.2, -0.15) is 0 Å². The van der Waals surface area contributed by atoms with Gasteiger partial charge < -0.3 is 9.05 Å². The molecule has 0 atom stereocenters. The molecule has 0 saturated heterocycles. The quantitative estimate of drug-likeness (QED) is 0.660. The highest BCUT2D eigenvalue weighted by Gasteiger charge is 2.29. The fraction of sp³-hybridized carbons (Fsp3) is 0.625. The van der Waals surface area contributed by atoms with Crippen molar-refractivity contribution in [3.8, 4) is 0 Å². The molecular formula is C8H13O4P. The molecule has 0 aliphatic heterocycles. The molecule has 0 spiro atoms. The van der Waals surface area contributed by atoms with Crippen LogP contribution >= 0.6 is 7.60 Å². The minimum atomic E-state index is -3.15. The zero-order chi connectivity index (χ0) is 9.90. The summed E-state index contributed by atoms with van der Waals surface area (Å²) in [4.78, 5) is 11.0. The van der Waals surface area contributed by atoms with Gasteiger partial charge in [0.05, 0.1) is 0 Å². The highest BCUT2D eigenvalue weighted by atomic mass is 31.2. The molecule has 0 N–H and O–H groups in total. The van der Waals surface area contributed by atoms with Crippen molar-refractivity contribution in [2.24, 2.45) is 0 Å². The average Bonchev–Trinajstić information content (AvgIpc) is 2.17. The summed E-state index contributed by atoms with van der Waals surface area (Å²) in [5.41, 5.74) is 0. The van der Waals surface area contributed by atoms with Gasteiger partial charge in [-0.25, -0.2) is 0 Å². The van der Waals surface area contributed by atoms with Crippen LogP contribution < -0.4 is 0 Å². The van der Waals surface area contributed by atoms with Gasteiger partial charge in [0.2, 0.25) is 0 Å². The van der Waals surface area contributed by atoms with Crippen LogP contribution in [-0.4, -0.2) is 20.0 Å². The maximum Gasteiger partial charge on any atom is 0.356 e. The van der Waals surface area contributed by atoms with Crippen LogP contribution in [0.2, 0.25) is 0 Å². The predicted octanol–water partition coefficient (Wildman–Crippen LogP) is 2.11. The largest absolute Gasteiger partial charge is 0.356 e. The van der Waals surface area contributed by atoms with Gasteiger partial charge in [0.1, 0.15) is 0 Å². The fourth-order valence-electron chi connectivity index (χ4n) is 1.30. The summed E-state index contributed by atoms with van der Waals surface area (Å²) < 4.78 is 21.4. The molecule has 0 amide bonds. The summed E-state index contributed by atoms with van der Waals surface area (Å²) in [5.74, 6) is -0.00410. The Bertz CT molecular complexity index is 274. The number of ketones is 1. The number of hydrogen-bond donors (Lipinski definition) is 0. The first-order valence-electron chi connectivity index (χ1n) is 4.08. The number of hydrogen-bond acceptors (Lipinski definition) is 4. The van der Waals surface area contributed by atoms with Crippen molar-refractivity contribution >= 4 is 13.4 Å². The van der Waals surface area contributed by atoms with Crippen molar-refractivity contribution in [3.63, 3.8) is 0 Å². The lowest BCUT2D eigenvalue weighted by molar-refractivity contribution is -0.115. The van der Waals surface area contributed by atoms with Gasteiger partial charge in [0, 0.05) is 26.0 Å². The summed E-state index contributed by atoms with van der Waals surface area (Å²) >= 11 is 0. The van der Waals surface area contributed by atoms with E-state index in [1.165, 1.54) is 20.3 Å². The molecule has 0 aromatic carbocycles. The Hall–Kier alpha value is -0.440. The number of carbonyl (C=O) groups is 1. The highest BCUT2D eigenvalue weighted by Crippen LogP contribution is 2.57. The van der Waals surface area contributed by atoms with E-state index in [2.05, 4.69) is 0 Å². The first kappa shape index (κ1) is 10.6. The molecule has 4 nitrogen and oxygen atoms in total.